The normalized spacial score (nSPS) is 31.8. The molecule has 2 fully saturated rings. The van der Waals surface area contributed by atoms with Crippen molar-refractivity contribution < 1.29 is 23.1 Å². The van der Waals surface area contributed by atoms with Crippen LogP contribution in [0.3, 0.4) is 0 Å². The maximum Gasteiger partial charge on any atom is 0.324 e. The summed E-state index contributed by atoms with van der Waals surface area (Å²) in [4.78, 5) is 11.4. The van der Waals surface area contributed by atoms with E-state index in [4.69, 9.17) is 4.74 Å². The van der Waals surface area contributed by atoms with E-state index in [0.29, 0.717) is 0 Å². The molecule has 0 aromatic heterocycles. The van der Waals surface area contributed by atoms with Gasteiger partial charge in [-0.2, -0.15) is 17.4 Å². The van der Waals surface area contributed by atoms with Crippen molar-refractivity contribution in [2.24, 2.45) is 5.92 Å². The Hall–Kier alpha value is -0.700. The molecule has 2 aliphatic rings. The Morgan fingerprint density at radius 2 is 1.80 bits per heavy atom. The molecule has 2 rings (SSSR count). The van der Waals surface area contributed by atoms with Crippen LogP contribution < -0.4 is 4.72 Å². The molecule has 1 aliphatic carbocycles. The molecule has 1 saturated heterocycles. The van der Waals surface area contributed by atoms with Crippen LogP contribution >= 0.6 is 0 Å². The number of nitrogens with one attached hydrogen (secondary N) is 1. The van der Waals surface area contributed by atoms with E-state index in [1.165, 1.54) is 11.2 Å². The average molecular weight is 306 g/mol. The smallest absolute Gasteiger partial charge is 0.324 e. The third kappa shape index (κ3) is 3.13. The van der Waals surface area contributed by atoms with Gasteiger partial charge in [-0.1, -0.05) is 0 Å². The minimum atomic E-state index is -3.83. The monoisotopic (exact) mass is 306 g/mol. The maximum atomic E-state index is 12.4. The Kier molecular flexibility index (Phi) is 4.12. The summed E-state index contributed by atoms with van der Waals surface area (Å²) in [6.07, 6.45) is 1.07. The molecule has 1 saturated carbocycles. The quantitative estimate of drug-likeness (QED) is 0.755. The van der Waals surface area contributed by atoms with Crippen LogP contribution in [0.4, 0.5) is 0 Å². The zero-order valence-corrected chi connectivity index (χ0v) is 12.8. The van der Waals surface area contributed by atoms with Gasteiger partial charge in [-0.25, -0.2) is 0 Å². The molecule has 0 aromatic carbocycles. The summed E-state index contributed by atoms with van der Waals surface area (Å²) in [6.45, 7) is 5.52. The first-order chi connectivity index (χ1) is 9.15. The van der Waals surface area contributed by atoms with Crippen LogP contribution in [0.15, 0.2) is 0 Å². The first kappa shape index (κ1) is 15.7. The summed E-state index contributed by atoms with van der Waals surface area (Å²) in [7, 11) is -3.83. The largest absolute Gasteiger partial charge is 0.480 e. The molecule has 20 heavy (non-hydrogen) atoms. The van der Waals surface area contributed by atoms with E-state index < -0.39 is 21.7 Å². The van der Waals surface area contributed by atoms with E-state index >= 15 is 0 Å². The van der Waals surface area contributed by atoms with Crippen molar-refractivity contribution in [3.05, 3.63) is 0 Å². The van der Waals surface area contributed by atoms with Crippen molar-refractivity contribution >= 4 is 16.2 Å². The van der Waals surface area contributed by atoms with Crippen molar-refractivity contribution in [1.82, 2.24) is 9.03 Å². The molecule has 2 N–H and O–H groups in total. The molecule has 0 radical (unpaired) electrons. The number of aliphatic carboxylic acids is 1. The lowest BCUT2D eigenvalue weighted by Crippen LogP contribution is -2.60. The van der Waals surface area contributed by atoms with Gasteiger partial charge in [-0.15, -0.1) is 0 Å². The summed E-state index contributed by atoms with van der Waals surface area (Å²) >= 11 is 0. The van der Waals surface area contributed by atoms with Crippen LogP contribution in [0.1, 0.15) is 33.6 Å². The molecular formula is C12H22N2O5S. The second kappa shape index (κ2) is 5.25. The predicted molar refractivity (Wildman–Crippen MR) is 72.4 cm³/mol. The van der Waals surface area contributed by atoms with Gasteiger partial charge < -0.3 is 9.84 Å². The number of ether oxygens (including phenoxy) is 1. The Labute approximate surface area is 119 Å². The van der Waals surface area contributed by atoms with Crippen molar-refractivity contribution in [3.8, 4) is 0 Å². The molecule has 8 heteroatoms. The van der Waals surface area contributed by atoms with E-state index in [-0.39, 0.29) is 31.2 Å². The number of nitrogens with zero attached hydrogens (tertiary/aromatic N) is 1. The van der Waals surface area contributed by atoms with Gasteiger partial charge in [0.05, 0.1) is 12.2 Å². The zero-order valence-electron chi connectivity index (χ0n) is 12.0. The molecule has 1 heterocycles. The lowest BCUT2D eigenvalue weighted by Gasteiger charge is -2.36. The third-order valence-electron chi connectivity index (χ3n) is 3.91. The van der Waals surface area contributed by atoms with Gasteiger partial charge in [-0.05, 0) is 39.5 Å². The van der Waals surface area contributed by atoms with Crippen LogP contribution in [-0.2, 0) is 19.7 Å². The highest BCUT2D eigenvalue weighted by molar-refractivity contribution is 7.87. The van der Waals surface area contributed by atoms with E-state index in [2.05, 4.69) is 4.72 Å². The van der Waals surface area contributed by atoms with Gasteiger partial charge >= 0.3 is 5.97 Å². The van der Waals surface area contributed by atoms with Gasteiger partial charge in [0.1, 0.15) is 5.54 Å². The highest BCUT2D eigenvalue weighted by atomic mass is 32.2. The highest BCUT2D eigenvalue weighted by Crippen LogP contribution is 2.40. The number of rotatable bonds is 5. The Morgan fingerprint density at radius 1 is 1.30 bits per heavy atom. The Morgan fingerprint density at radius 3 is 2.20 bits per heavy atom. The van der Waals surface area contributed by atoms with E-state index in [0.717, 1.165) is 12.8 Å². The number of morpholine rings is 1. The lowest BCUT2D eigenvalue weighted by atomic mass is 9.98. The molecule has 3 unspecified atom stereocenters. The molecule has 0 amide bonds. The van der Waals surface area contributed by atoms with Crippen LogP contribution in [0.2, 0.25) is 0 Å². The number of carbonyl (C=O) groups is 1. The molecular weight excluding hydrogens is 284 g/mol. The molecule has 1 aliphatic heterocycles. The van der Waals surface area contributed by atoms with Gasteiger partial charge in [0.25, 0.3) is 10.2 Å². The lowest BCUT2D eigenvalue weighted by molar-refractivity contribution is -0.144. The zero-order chi connectivity index (χ0) is 15.1. The van der Waals surface area contributed by atoms with Gasteiger partial charge in [-0.3, -0.25) is 4.79 Å². The Balaban J connectivity index is 2.15. The van der Waals surface area contributed by atoms with Crippen LogP contribution in [0.5, 0.6) is 0 Å². The first-order valence-electron chi connectivity index (χ1n) is 6.83. The minimum absolute atomic E-state index is 0.134. The second-order valence-electron chi connectivity index (χ2n) is 5.96. The summed E-state index contributed by atoms with van der Waals surface area (Å²) in [5.74, 6) is -1.26. The van der Waals surface area contributed by atoms with E-state index in [1.807, 2.05) is 0 Å². The Bertz CT molecular complexity index is 480. The highest BCUT2D eigenvalue weighted by Gasteiger charge is 2.51. The minimum Gasteiger partial charge on any atom is -0.480 e. The molecule has 0 spiro atoms. The van der Waals surface area contributed by atoms with Crippen molar-refractivity contribution in [3.63, 3.8) is 0 Å². The fraction of sp³-hybridized carbons (Fsp3) is 0.917. The predicted octanol–water partition coefficient (Wildman–Crippen LogP) is 0.183. The second-order valence-corrected chi connectivity index (χ2v) is 7.63. The molecule has 116 valence electrons. The van der Waals surface area contributed by atoms with Gasteiger partial charge in [0, 0.05) is 13.1 Å². The van der Waals surface area contributed by atoms with Crippen LogP contribution in [0, 0.1) is 5.92 Å². The first-order valence-corrected chi connectivity index (χ1v) is 8.27. The number of carboxylic acids is 1. The third-order valence-corrected chi connectivity index (χ3v) is 5.57. The molecule has 3 atom stereocenters. The summed E-state index contributed by atoms with van der Waals surface area (Å²) < 4.78 is 34.0. The fourth-order valence-corrected chi connectivity index (χ4v) is 4.35. The number of hydrogen-bond donors (Lipinski definition) is 2. The summed E-state index contributed by atoms with van der Waals surface area (Å²) in [6, 6.07) is 0. The van der Waals surface area contributed by atoms with Gasteiger partial charge in [0.2, 0.25) is 0 Å². The molecule has 0 bridgehead atoms. The van der Waals surface area contributed by atoms with Crippen molar-refractivity contribution in [2.75, 3.05) is 13.1 Å². The van der Waals surface area contributed by atoms with Crippen molar-refractivity contribution in [2.45, 2.75) is 51.4 Å². The molecule has 7 nitrogen and oxygen atoms in total. The SMILES string of the molecule is CC1CN(S(=O)(=O)NC(C)(C(=O)O)C2CC2)CC(C)O1. The standard InChI is InChI=1S/C12H22N2O5S/c1-8-6-14(7-9(2)19-8)20(17,18)13-12(3,11(15)16)10-4-5-10/h8-10,13H,4-7H2,1-3H3,(H,15,16). The van der Waals surface area contributed by atoms with Crippen LogP contribution in [-0.4, -0.2) is 54.6 Å². The topological polar surface area (TPSA) is 95.9 Å². The maximum absolute atomic E-state index is 12.4. The van der Waals surface area contributed by atoms with E-state index in [1.54, 1.807) is 13.8 Å². The number of carboxylic acid groups (broad SMARTS) is 1. The van der Waals surface area contributed by atoms with Crippen LogP contribution in [0.25, 0.3) is 0 Å². The van der Waals surface area contributed by atoms with Gasteiger partial charge in [0.15, 0.2) is 0 Å². The van der Waals surface area contributed by atoms with Crippen molar-refractivity contribution in [1.29, 1.82) is 0 Å². The summed E-state index contributed by atoms with van der Waals surface area (Å²) in [5.41, 5.74) is -1.43. The fourth-order valence-electron chi connectivity index (χ4n) is 2.62. The van der Waals surface area contributed by atoms with E-state index in [9.17, 15) is 18.3 Å². The summed E-state index contributed by atoms with van der Waals surface area (Å²) in [5, 5.41) is 9.34. The average Bonchev–Trinajstić information content (AvgIpc) is 3.10. The number of hydrogen-bond acceptors (Lipinski definition) is 4. The molecule has 0 aromatic rings.